The summed E-state index contributed by atoms with van der Waals surface area (Å²) in [7, 11) is 0. The van der Waals surface area contributed by atoms with Gasteiger partial charge in [0.1, 0.15) is 5.82 Å². The number of nitrogens with one attached hydrogen (secondary N) is 1. The first-order chi connectivity index (χ1) is 17.8. The minimum atomic E-state index is -4.76. The number of fused-ring (bicyclic) bond motifs is 3. The van der Waals surface area contributed by atoms with E-state index in [1.54, 1.807) is 0 Å². The van der Waals surface area contributed by atoms with E-state index in [0.29, 0.717) is 50.1 Å². The van der Waals surface area contributed by atoms with Crippen molar-refractivity contribution in [1.29, 1.82) is 0 Å². The third kappa shape index (κ3) is 4.78. The molecule has 1 N–H and O–H groups in total. The van der Waals surface area contributed by atoms with Crippen LogP contribution in [0.2, 0.25) is 5.02 Å². The SMILES string of the molecule is FC1=C(C(F)(F)F)NC(N2CCC(c3nnc4n3-c3ccc(Cl)cc3CN([C@H]3CCOC3)C4)CC2)C=C1. The fourth-order valence-corrected chi connectivity index (χ4v) is 5.97. The predicted octanol–water partition coefficient (Wildman–Crippen LogP) is 4.43. The fourth-order valence-electron chi connectivity index (χ4n) is 5.77. The molecule has 1 aromatic heterocycles. The average Bonchev–Trinajstić information content (AvgIpc) is 3.52. The molecule has 2 atom stereocenters. The Balaban J connectivity index is 1.23. The molecule has 2 aromatic rings. The van der Waals surface area contributed by atoms with Gasteiger partial charge in [0.25, 0.3) is 0 Å². The highest BCUT2D eigenvalue weighted by molar-refractivity contribution is 6.30. The second-order valence-electron chi connectivity index (χ2n) is 9.98. The van der Waals surface area contributed by atoms with E-state index in [2.05, 4.69) is 25.0 Å². The Kier molecular flexibility index (Phi) is 6.50. The maximum atomic E-state index is 13.8. The van der Waals surface area contributed by atoms with Crippen molar-refractivity contribution in [3.63, 3.8) is 0 Å². The zero-order chi connectivity index (χ0) is 25.7. The van der Waals surface area contributed by atoms with Gasteiger partial charge in [-0.15, -0.1) is 10.2 Å². The second kappa shape index (κ2) is 9.68. The topological polar surface area (TPSA) is 58.5 Å². The number of piperidine rings is 1. The first kappa shape index (κ1) is 24.8. The number of allylic oxidation sites excluding steroid dienone is 3. The van der Waals surface area contributed by atoms with Crippen LogP contribution in [-0.4, -0.2) is 69.3 Å². The number of rotatable bonds is 3. The van der Waals surface area contributed by atoms with E-state index in [0.717, 1.165) is 48.5 Å². The van der Waals surface area contributed by atoms with Gasteiger partial charge in [-0.05, 0) is 55.2 Å². The molecule has 12 heteroatoms. The molecule has 198 valence electrons. The van der Waals surface area contributed by atoms with E-state index in [1.807, 2.05) is 23.1 Å². The molecule has 0 spiro atoms. The van der Waals surface area contributed by atoms with Crippen molar-refractivity contribution in [2.75, 3.05) is 26.3 Å². The van der Waals surface area contributed by atoms with E-state index in [1.165, 1.54) is 6.08 Å². The van der Waals surface area contributed by atoms with Gasteiger partial charge in [-0.25, -0.2) is 4.39 Å². The lowest BCUT2D eigenvalue weighted by molar-refractivity contribution is -0.101. The van der Waals surface area contributed by atoms with Gasteiger partial charge in [0, 0.05) is 43.2 Å². The Morgan fingerprint density at radius 3 is 2.59 bits per heavy atom. The molecule has 7 nitrogen and oxygen atoms in total. The number of dihydropyridines is 1. The van der Waals surface area contributed by atoms with Crippen LogP contribution in [0.5, 0.6) is 0 Å². The third-order valence-corrected chi connectivity index (χ3v) is 7.94. The van der Waals surface area contributed by atoms with Crippen LogP contribution in [0, 0.1) is 0 Å². The second-order valence-corrected chi connectivity index (χ2v) is 10.4. The summed E-state index contributed by atoms with van der Waals surface area (Å²) >= 11 is 6.37. The van der Waals surface area contributed by atoms with Crippen LogP contribution in [-0.2, 0) is 17.8 Å². The summed E-state index contributed by atoms with van der Waals surface area (Å²) in [5.74, 6) is 0.514. The standard InChI is InChI=1S/C25H27ClF4N6O/c26-17-1-3-20-16(11-17)12-35(18-7-10-37-14-18)13-22-32-33-24(36(20)22)15-5-8-34(9-6-15)21-4-2-19(27)23(31-21)25(28,29)30/h1-4,11,15,18,21,31H,5-10,12-14H2/t18-,21?/m0/s1. The summed E-state index contributed by atoms with van der Waals surface area (Å²) in [4.78, 5) is 4.27. The summed E-state index contributed by atoms with van der Waals surface area (Å²) < 4.78 is 61.1. The minimum absolute atomic E-state index is 0.0873. The minimum Gasteiger partial charge on any atom is -0.380 e. The summed E-state index contributed by atoms with van der Waals surface area (Å²) in [6, 6.07) is 6.18. The Morgan fingerprint density at radius 2 is 1.86 bits per heavy atom. The molecule has 5 heterocycles. The van der Waals surface area contributed by atoms with Crippen molar-refractivity contribution in [2.24, 2.45) is 0 Å². The van der Waals surface area contributed by atoms with Gasteiger partial charge in [0.2, 0.25) is 0 Å². The Hall–Kier alpha value is -2.47. The fraction of sp³-hybridized carbons (Fsp3) is 0.520. The normalized spacial score (nSPS) is 25.6. The molecule has 0 amide bonds. The van der Waals surface area contributed by atoms with Crippen LogP contribution >= 0.6 is 11.6 Å². The van der Waals surface area contributed by atoms with Crippen molar-refractivity contribution >= 4 is 11.6 Å². The van der Waals surface area contributed by atoms with Crippen LogP contribution in [0.1, 0.15) is 42.4 Å². The van der Waals surface area contributed by atoms with Gasteiger partial charge < -0.3 is 10.1 Å². The molecule has 1 aromatic carbocycles. The lowest BCUT2D eigenvalue weighted by Crippen LogP contribution is -2.50. The number of nitrogens with zero attached hydrogens (tertiary/aromatic N) is 5. The maximum Gasteiger partial charge on any atom is 0.433 e. The molecular weight excluding hydrogens is 512 g/mol. The van der Waals surface area contributed by atoms with Crippen LogP contribution in [0.25, 0.3) is 5.69 Å². The molecule has 4 aliphatic rings. The van der Waals surface area contributed by atoms with Gasteiger partial charge in [-0.2, -0.15) is 13.2 Å². The molecule has 2 saturated heterocycles. The average molecular weight is 539 g/mol. The lowest BCUT2D eigenvalue weighted by atomic mass is 9.95. The molecule has 1 unspecified atom stereocenters. The highest BCUT2D eigenvalue weighted by atomic mass is 35.5. The molecule has 2 fully saturated rings. The molecule has 6 rings (SSSR count). The summed E-state index contributed by atoms with van der Waals surface area (Å²) in [6.45, 7) is 3.89. The lowest BCUT2D eigenvalue weighted by Gasteiger charge is -2.38. The van der Waals surface area contributed by atoms with Crippen molar-refractivity contribution in [3.05, 3.63) is 64.1 Å². The Morgan fingerprint density at radius 1 is 1.05 bits per heavy atom. The van der Waals surface area contributed by atoms with Gasteiger partial charge >= 0.3 is 6.18 Å². The van der Waals surface area contributed by atoms with E-state index in [9.17, 15) is 17.6 Å². The number of halogens is 5. The molecule has 0 aliphatic carbocycles. The first-order valence-corrected chi connectivity index (χ1v) is 12.9. The number of aromatic nitrogens is 3. The zero-order valence-electron chi connectivity index (χ0n) is 20.0. The zero-order valence-corrected chi connectivity index (χ0v) is 20.8. The van der Waals surface area contributed by atoms with Gasteiger partial charge in [0.05, 0.1) is 25.0 Å². The van der Waals surface area contributed by atoms with E-state index >= 15 is 0 Å². The van der Waals surface area contributed by atoms with Crippen molar-refractivity contribution in [1.82, 2.24) is 29.9 Å². The molecule has 0 bridgehead atoms. The van der Waals surface area contributed by atoms with Crippen molar-refractivity contribution in [2.45, 2.75) is 56.7 Å². The Bertz CT molecular complexity index is 1230. The van der Waals surface area contributed by atoms with E-state index in [4.69, 9.17) is 16.3 Å². The Labute approximate surface area is 216 Å². The molecule has 37 heavy (non-hydrogen) atoms. The largest absolute Gasteiger partial charge is 0.433 e. The van der Waals surface area contributed by atoms with Crippen molar-refractivity contribution < 1.29 is 22.3 Å². The summed E-state index contributed by atoms with van der Waals surface area (Å²) in [6.07, 6.45) is -0.778. The van der Waals surface area contributed by atoms with Crippen LogP contribution < -0.4 is 5.32 Å². The molecule has 0 saturated carbocycles. The van der Waals surface area contributed by atoms with Crippen molar-refractivity contribution in [3.8, 4) is 5.69 Å². The summed E-state index contributed by atoms with van der Waals surface area (Å²) in [5.41, 5.74) is 0.787. The number of benzene rings is 1. The smallest absolute Gasteiger partial charge is 0.380 e. The van der Waals surface area contributed by atoms with Gasteiger partial charge in [-0.1, -0.05) is 11.6 Å². The number of hydrogen-bond acceptors (Lipinski definition) is 6. The third-order valence-electron chi connectivity index (χ3n) is 7.70. The monoisotopic (exact) mass is 538 g/mol. The highest BCUT2D eigenvalue weighted by Crippen LogP contribution is 2.36. The van der Waals surface area contributed by atoms with Crippen LogP contribution in [0.15, 0.2) is 41.9 Å². The van der Waals surface area contributed by atoms with Crippen LogP contribution in [0.4, 0.5) is 17.6 Å². The number of likely N-dealkylation sites (tertiary alicyclic amines) is 1. The van der Waals surface area contributed by atoms with Crippen LogP contribution in [0.3, 0.4) is 0 Å². The van der Waals surface area contributed by atoms with Gasteiger partial charge in [0.15, 0.2) is 17.3 Å². The van der Waals surface area contributed by atoms with E-state index in [-0.39, 0.29) is 5.92 Å². The molecular formula is C25H27ClF4N6O. The highest BCUT2D eigenvalue weighted by Gasteiger charge is 2.41. The number of ether oxygens (including phenoxy) is 1. The summed E-state index contributed by atoms with van der Waals surface area (Å²) in [5, 5.41) is 12.2. The molecule has 0 radical (unpaired) electrons. The predicted molar refractivity (Wildman–Crippen MR) is 129 cm³/mol. The number of alkyl halides is 3. The first-order valence-electron chi connectivity index (χ1n) is 12.5. The maximum absolute atomic E-state index is 13.8. The van der Waals surface area contributed by atoms with Gasteiger partial charge in [-0.3, -0.25) is 14.4 Å². The molecule has 4 aliphatic heterocycles. The van der Waals surface area contributed by atoms with E-state index < -0.39 is 23.9 Å². The quantitative estimate of drug-likeness (QED) is 0.584. The number of hydrogen-bond donors (Lipinski definition) is 1.